The van der Waals surface area contributed by atoms with Crippen LogP contribution in [0.4, 0.5) is 0 Å². The molecule has 1 aliphatic rings. The van der Waals surface area contributed by atoms with E-state index in [1.54, 1.807) is 18.2 Å². The number of carbonyl (C=O) groups is 3. The summed E-state index contributed by atoms with van der Waals surface area (Å²) in [6.07, 6.45) is 0.552. The number of piperidine rings is 1. The smallest absolute Gasteiger partial charge is 0.251 e. The highest BCUT2D eigenvalue weighted by Gasteiger charge is 2.28. The van der Waals surface area contributed by atoms with Crippen molar-refractivity contribution in [2.24, 2.45) is 0 Å². The highest BCUT2D eigenvalue weighted by Crippen LogP contribution is 2.24. The zero-order chi connectivity index (χ0) is 16.4. The molecule has 0 aliphatic carbocycles. The lowest BCUT2D eigenvalue weighted by atomic mass is 10.0. The number of nitrogens with one attached hydrogen (secondary N) is 2. The number of imide groups is 1. The Morgan fingerprint density at radius 3 is 2.91 bits per heavy atom. The van der Waals surface area contributed by atoms with Crippen molar-refractivity contribution in [2.45, 2.75) is 25.8 Å². The molecule has 0 radical (unpaired) electrons. The number of benzene rings is 1. The van der Waals surface area contributed by atoms with Gasteiger partial charge in [-0.1, -0.05) is 12.1 Å². The van der Waals surface area contributed by atoms with Crippen LogP contribution < -0.4 is 10.6 Å². The molecule has 1 atom stereocenters. The summed E-state index contributed by atoms with van der Waals surface area (Å²) in [4.78, 5) is 39.6. The number of rotatable bonds is 3. The van der Waals surface area contributed by atoms with Gasteiger partial charge in [-0.15, -0.1) is 11.3 Å². The third-order valence-electron chi connectivity index (χ3n) is 3.54. The summed E-state index contributed by atoms with van der Waals surface area (Å²) >= 11 is 1.51. The summed E-state index contributed by atoms with van der Waals surface area (Å²) in [5, 5.41) is 7.69. The quantitative estimate of drug-likeness (QED) is 0.838. The van der Waals surface area contributed by atoms with Gasteiger partial charge in [0.2, 0.25) is 11.8 Å². The van der Waals surface area contributed by atoms with Crippen molar-refractivity contribution < 1.29 is 14.4 Å². The molecule has 3 rings (SSSR count). The van der Waals surface area contributed by atoms with Crippen molar-refractivity contribution in [3.63, 3.8) is 0 Å². The summed E-state index contributed by atoms with van der Waals surface area (Å²) in [5.74, 6) is -1.10. The van der Waals surface area contributed by atoms with Gasteiger partial charge >= 0.3 is 0 Å². The SMILES string of the molecule is Cc1csc(-c2cccc(C(=O)NC3CCC(=O)NC3=O)c2)n1. The fourth-order valence-electron chi connectivity index (χ4n) is 2.35. The maximum Gasteiger partial charge on any atom is 0.251 e. The maximum atomic E-state index is 12.3. The molecule has 1 unspecified atom stereocenters. The Balaban J connectivity index is 1.75. The number of thiazole rings is 1. The summed E-state index contributed by atoms with van der Waals surface area (Å²) in [6, 6.07) is 6.43. The Morgan fingerprint density at radius 1 is 1.39 bits per heavy atom. The normalized spacial score (nSPS) is 17.7. The molecule has 1 fully saturated rings. The summed E-state index contributed by atoms with van der Waals surface area (Å²) in [7, 11) is 0. The second kappa shape index (κ2) is 6.29. The van der Waals surface area contributed by atoms with Crippen LogP contribution in [0.25, 0.3) is 10.6 Å². The average molecular weight is 329 g/mol. The number of aromatic nitrogens is 1. The molecule has 7 heteroatoms. The molecule has 2 aromatic rings. The maximum absolute atomic E-state index is 12.3. The van der Waals surface area contributed by atoms with Gasteiger partial charge in [-0.2, -0.15) is 0 Å². The van der Waals surface area contributed by atoms with Crippen LogP contribution in [-0.2, 0) is 9.59 Å². The average Bonchev–Trinajstić information content (AvgIpc) is 2.97. The molecular formula is C16H15N3O3S. The largest absolute Gasteiger partial charge is 0.340 e. The van der Waals surface area contributed by atoms with Crippen LogP contribution in [0, 0.1) is 6.92 Å². The molecule has 0 spiro atoms. The van der Waals surface area contributed by atoms with Gasteiger partial charge in [0.25, 0.3) is 5.91 Å². The Labute approximate surface area is 136 Å². The minimum Gasteiger partial charge on any atom is -0.340 e. The molecule has 0 saturated carbocycles. The van der Waals surface area contributed by atoms with Crippen molar-refractivity contribution in [1.29, 1.82) is 0 Å². The first-order valence-electron chi connectivity index (χ1n) is 7.20. The van der Waals surface area contributed by atoms with Gasteiger partial charge in [-0.05, 0) is 25.5 Å². The van der Waals surface area contributed by atoms with Gasteiger partial charge in [0.1, 0.15) is 11.0 Å². The number of carbonyl (C=O) groups excluding carboxylic acids is 3. The molecule has 1 aromatic carbocycles. The van der Waals surface area contributed by atoms with E-state index in [0.29, 0.717) is 12.0 Å². The van der Waals surface area contributed by atoms with Crippen molar-refractivity contribution in [3.05, 3.63) is 40.9 Å². The molecule has 1 aromatic heterocycles. The number of aryl methyl sites for hydroxylation is 1. The van der Waals surface area contributed by atoms with Crippen molar-refractivity contribution in [3.8, 4) is 10.6 Å². The van der Waals surface area contributed by atoms with Crippen molar-refractivity contribution in [2.75, 3.05) is 0 Å². The molecule has 23 heavy (non-hydrogen) atoms. The third kappa shape index (κ3) is 3.45. The van der Waals surface area contributed by atoms with Crippen LogP contribution in [0.2, 0.25) is 0 Å². The molecule has 6 nitrogen and oxygen atoms in total. The van der Waals surface area contributed by atoms with Gasteiger partial charge in [0, 0.05) is 28.6 Å². The Hall–Kier alpha value is -2.54. The van der Waals surface area contributed by atoms with Gasteiger partial charge in [0.15, 0.2) is 0 Å². The second-order valence-electron chi connectivity index (χ2n) is 5.35. The highest BCUT2D eigenvalue weighted by atomic mass is 32.1. The van der Waals surface area contributed by atoms with Crippen LogP contribution in [0.1, 0.15) is 28.9 Å². The van der Waals surface area contributed by atoms with Crippen LogP contribution in [-0.4, -0.2) is 28.7 Å². The van der Waals surface area contributed by atoms with Crippen LogP contribution >= 0.6 is 11.3 Å². The van der Waals surface area contributed by atoms with E-state index in [9.17, 15) is 14.4 Å². The highest BCUT2D eigenvalue weighted by molar-refractivity contribution is 7.13. The lowest BCUT2D eigenvalue weighted by molar-refractivity contribution is -0.134. The second-order valence-corrected chi connectivity index (χ2v) is 6.21. The predicted molar refractivity (Wildman–Crippen MR) is 85.9 cm³/mol. The van der Waals surface area contributed by atoms with Crippen molar-refractivity contribution >= 4 is 29.1 Å². The predicted octanol–water partition coefficient (Wildman–Crippen LogP) is 1.65. The first-order valence-corrected chi connectivity index (χ1v) is 8.08. The first-order chi connectivity index (χ1) is 11.0. The molecule has 118 valence electrons. The number of nitrogens with zero attached hydrogens (tertiary/aromatic N) is 1. The number of hydrogen-bond donors (Lipinski definition) is 2. The Kier molecular flexibility index (Phi) is 4.20. The summed E-state index contributed by atoms with van der Waals surface area (Å²) < 4.78 is 0. The molecule has 2 N–H and O–H groups in total. The molecule has 1 saturated heterocycles. The Bertz CT molecular complexity index is 784. The van der Waals surface area contributed by atoms with Crippen LogP contribution in [0.15, 0.2) is 29.6 Å². The third-order valence-corrected chi connectivity index (χ3v) is 4.54. The van der Waals surface area contributed by atoms with Crippen LogP contribution in [0.3, 0.4) is 0 Å². The molecular weight excluding hydrogens is 314 g/mol. The van der Waals surface area contributed by atoms with E-state index in [2.05, 4.69) is 15.6 Å². The van der Waals surface area contributed by atoms with Gasteiger partial charge < -0.3 is 5.32 Å². The zero-order valence-corrected chi connectivity index (χ0v) is 13.3. The molecule has 0 bridgehead atoms. The fourth-order valence-corrected chi connectivity index (χ4v) is 3.15. The topological polar surface area (TPSA) is 88.2 Å². The monoisotopic (exact) mass is 329 g/mol. The van der Waals surface area contributed by atoms with E-state index in [1.165, 1.54) is 11.3 Å². The molecule has 3 amide bonds. The van der Waals surface area contributed by atoms with Gasteiger partial charge in [-0.25, -0.2) is 4.98 Å². The Morgan fingerprint density at radius 2 is 2.22 bits per heavy atom. The molecule has 1 aliphatic heterocycles. The minimum absolute atomic E-state index is 0.231. The summed E-state index contributed by atoms with van der Waals surface area (Å²) in [5.41, 5.74) is 2.25. The van der Waals surface area contributed by atoms with E-state index in [1.807, 2.05) is 18.4 Å². The number of hydrogen-bond acceptors (Lipinski definition) is 5. The lowest BCUT2D eigenvalue weighted by Crippen LogP contribution is -2.52. The standard InChI is InChI=1S/C16H15N3O3S/c1-9-8-23-16(17-9)11-4-2-3-10(7-11)14(21)18-12-5-6-13(20)19-15(12)22/h2-4,7-8,12H,5-6H2,1H3,(H,18,21)(H,19,20,22). The van der Waals surface area contributed by atoms with E-state index >= 15 is 0 Å². The fraction of sp³-hybridized carbons (Fsp3) is 0.250. The number of amides is 3. The van der Waals surface area contributed by atoms with Crippen molar-refractivity contribution in [1.82, 2.24) is 15.6 Å². The first kappa shape index (κ1) is 15.4. The van der Waals surface area contributed by atoms with E-state index in [-0.39, 0.29) is 18.2 Å². The lowest BCUT2D eigenvalue weighted by Gasteiger charge is -2.21. The van der Waals surface area contributed by atoms with Gasteiger partial charge in [-0.3, -0.25) is 19.7 Å². The molecule has 2 heterocycles. The zero-order valence-electron chi connectivity index (χ0n) is 12.5. The van der Waals surface area contributed by atoms with E-state index in [0.717, 1.165) is 16.3 Å². The summed E-state index contributed by atoms with van der Waals surface area (Å²) in [6.45, 7) is 1.92. The van der Waals surface area contributed by atoms with E-state index < -0.39 is 11.9 Å². The minimum atomic E-state index is -0.675. The van der Waals surface area contributed by atoms with E-state index in [4.69, 9.17) is 0 Å². The van der Waals surface area contributed by atoms with Crippen LogP contribution in [0.5, 0.6) is 0 Å². The van der Waals surface area contributed by atoms with Gasteiger partial charge in [0.05, 0.1) is 0 Å².